The van der Waals surface area contributed by atoms with Crippen molar-refractivity contribution in [2.45, 2.75) is 40.0 Å². The maximum absolute atomic E-state index is 11.7. The predicted molar refractivity (Wildman–Crippen MR) is 70.7 cm³/mol. The summed E-state index contributed by atoms with van der Waals surface area (Å²) in [5, 5.41) is 13.7. The molecule has 1 aromatic carbocycles. The fourth-order valence-electron chi connectivity index (χ4n) is 1.73. The second-order valence-corrected chi connectivity index (χ2v) is 4.33. The molecule has 1 rings (SSSR count). The Bertz CT molecular complexity index is 470. The minimum absolute atomic E-state index is 0.0140. The van der Waals surface area contributed by atoms with Gasteiger partial charge in [-0.3, -0.25) is 14.9 Å². The first-order valence-electron chi connectivity index (χ1n) is 6.01. The van der Waals surface area contributed by atoms with Crippen LogP contribution in [-0.2, 0) is 4.79 Å². The van der Waals surface area contributed by atoms with Crippen LogP contribution in [0.2, 0.25) is 0 Å². The van der Waals surface area contributed by atoms with E-state index in [1.807, 2.05) is 6.92 Å². The van der Waals surface area contributed by atoms with Crippen molar-refractivity contribution < 1.29 is 9.72 Å². The Morgan fingerprint density at radius 1 is 1.33 bits per heavy atom. The SMILES string of the molecule is CCCCC(=O)Nc1c(C)ccc(C)c1[N+](=O)[O-]. The first-order valence-corrected chi connectivity index (χ1v) is 6.01. The number of hydrogen-bond donors (Lipinski definition) is 1. The summed E-state index contributed by atoms with van der Waals surface area (Å²) in [5.41, 5.74) is 1.56. The molecule has 0 aliphatic heterocycles. The van der Waals surface area contributed by atoms with Crippen molar-refractivity contribution >= 4 is 17.3 Å². The lowest BCUT2D eigenvalue weighted by molar-refractivity contribution is -0.384. The van der Waals surface area contributed by atoms with Gasteiger partial charge in [-0.15, -0.1) is 0 Å². The van der Waals surface area contributed by atoms with E-state index >= 15 is 0 Å². The van der Waals surface area contributed by atoms with Crippen molar-refractivity contribution in [2.75, 3.05) is 5.32 Å². The van der Waals surface area contributed by atoms with E-state index in [1.165, 1.54) is 0 Å². The molecule has 0 spiro atoms. The average Bonchev–Trinajstić information content (AvgIpc) is 2.30. The number of hydrogen-bond acceptors (Lipinski definition) is 3. The van der Waals surface area contributed by atoms with Gasteiger partial charge in [-0.25, -0.2) is 0 Å². The highest BCUT2D eigenvalue weighted by Crippen LogP contribution is 2.31. The van der Waals surface area contributed by atoms with Gasteiger partial charge in [0.25, 0.3) is 5.69 Å². The molecule has 0 aromatic heterocycles. The second-order valence-electron chi connectivity index (χ2n) is 4.33. The third-order valence-corrected chi connectivity index (χ3v) is 2.79. The van der Waals surface area contributed by atoms with Gasteiger partial charge >= 0.3 is 0 Å². The molecule has 98 valence electrons. The quantitative estimate of drug-likeness (QED) is 0.643. The Labute approximate surface area is 106 Å². The summed E-state index contributed by atoms with van der Waals surface area (Å²) < 4.78 is 0. The number of benzene rings is 1. The van der Waals surface area contributed by atoms with Gasteiger partial charge < -0.3 is 5.32 Å². The van der Waals surface area contributed by atoms with Crippen LogP contribution in [0.25, 0.3) is 0 Å². The van der Waals surface area contributed by atoms with Gasteiger partial charge in [0.2, 0.25) is 5.91 Å². The molecule has 5 nitrogen and oxygen atoms in total. The van der Waals surface area contributed by atoms with Gasteiger partial charge in [-0.1, -0.05) is 25.5 Å². The normalized spacial score (nSPS) is 10.2. The molecule has 18 heavy (non-hydrogen) atoms. The molecule has 0 saturated carbocycles. The number of amides is 1. The summed E-state index contributed by atoms with van der Waals surface area (Å²) in [6.07, 6.45) is 2.09. The maximum atomic E-state index is 11.7. The predicted octanol–water partition coefficient (Wildman–Crippen LogP) is 3.34. The molecule has 0 bridgehead atoms. The molecule has 5 heteroatoms. The van der Waals surface area contributed by atoms with E-state index in [2.05, 4.69) is 5.32 Å². The van der Waals surface area contributed by atoms with E-state index in [0.29, 0.717) is 23.2 Å². The fourth-order valence-corrected chi connectivity index (χ4v) is 1.73. The molecular weight excluding hydrogens is 232 g/mol. The number of nitro benzene ring substituents is 1. The van der Waals surface area contributed by atoms with Crippen LogP contribution in [0.1, 0.15) is 37.3 Å². The van der Waals surface area contributed by atoms with Crippen LogP contribution in [0.5, 0.6) is 0 Å². The average molecular weight is 250 g/mol. The lowest BCUT2D eigenvalue weighted by atomic mass is 10.1. The Kier molecular flexibility index (Phi) is 4.83. The Morgan fingerprint density at radius 3 is 2.50 bits per heavy atom. The third-order valence-electron chi connectivity index (χ3n) is 2.79. The number of carbonyl (C=O) groups is 1. The van der Waals surface area contributed by atoms with E-state index in [-0.39, 0.29) is 11.6 Å². The molecule has 0 atom stereocenters. The van der Waals surface area contributed by atoms with E-state index < -0.39 is 4.92 Å². The third kappa shape index (κ3) is 3.29. The largest absolute Gasteiger partial charge is 0.320 e. The zero-order valence-corrected chi connectivity index (χ0v) is 10.9. The van der Waals surface area contributed by atoms with Crippen molar-refractivity contribution in [3.05, 3.63) is 33.4 Å². The summed E-state index contributed by atoms with van der Waals surface area (Å²) in [6, 6.07) is 3.47. The van der Waals surface area contributed by atoms with E-state index in [0.717, 1.165) is 12.8 Å². The number of nitrogens with zero attached hydrogens (tertiary/aromatic N) is 1. The molecular formula is C13H18N2O3. The summed E-state index contributed by atoms with van der Waals surface area (Å²) in [4.78, 5) is 22.3. The van der Waals surface area contributed by atoms with Crippen LogP contribution < -0.4 is 5.32 Å². The van der Waals surface area contributed by atoms with Crippen LogP contribution in [-0.4, -0.2) is 10.8 Å². The number of nitrogens with one attached hydrogen (secondary N) is 1. The maximum Gasteiger partial charge on any atom is 0.295 e. The zero-order valence-electron chi connectivity index (χ0n) is 10.9. The highest BCUT2D eigenvalue weighted by molar-refractivity contribution is 5.94. The van der Waals surface area contributed by atoms with Crippen molar-refractivity contribution in [2.24, 2.45) is 0 Å². The van der Waals surface area contributed by atoms with Crippen molar-refractivity contribution in [1.82, 2.24) is 0 Å². The molecule has 0 saturated heterocycles. The van der Waals surface area contributed by atoms with Crippen molar-refractivity contribution in [1.29, 1.82) is 0 Å². The first kappa shape index (κ1) is 14.2. The lowest BCUT2D eigenvalue weighted by Crippen LogP contribution is -2.14. The number of anilines is 1. The molecule has 1 aromatic rings. The highest BCUT2D eigenvalue weighted by atomic mass is 16.6. The molecule has 0 unspecified atom stereocenters. The lowest BCUT2D eigenvalue weighted by Gasteiger charge is -2.10. The topological polar surface area (TPSA) is 72.2 Å². The van der Waals surface area contributed by atoms with E-state index in [1.54, 1.807) is 26.0 Å². The fraction of sp³-hybridized carbons (Fsp3) is 0.462. The smallest absolute Gasteiger partial charge is 0.295 e. The van der Waals surface area contributed by atoms with Crippen LogP contribution in [0.4, 0.5) is 11.4 Å². The molecule has 0 aliphatic carbocycles. The number of aryl methyl sites for hydroxylation is 2. The number of rotatable bonds is 5. The minimum Gasteiger partial charge on any atom is -0.320 e. The standard InChI is InChI=1S/C13H18N2O3/c1-4-5-6-11(16)14-12-9(2)7-8-10(3)13(12)15(17)18/h7-8H,4-6H2,1-3H3,(H,14,16). The van der Waals surface area contributed by atoms with Gasteiger partial charge in [-0.05, 0) is 25.8 Å². The second kappa shape index (κ2) is 6.14. The van der Waals surface area contributed by atoms with Crippen LogP contribution in [0, 0.1) is 24.0 Å². The number of nitro groups is 1. The molecule has 0 fully saturated rings. The van der Waals surface area contributed by atoms with Crippen molar-refractivity contribution in [3.8, 4) is 0 Å². The number of unbranched alkanes of at least 4 members (excludes halogenated alkanes) is 1. The van der Waals surface area contributed by atoms with Gasteiger partial charge in [0.1, 0.15) is 5.69 Å². The molecule has 0 aliphatic rings. The molecule has 0 heterocycles. The summed E-state index contributed by atoms with van der Waals surface area (Å²) in [5.74, 6) is -0.173. The summed E-state index contributed by atoms with van der Waals surface area (Å²) >= 11 is 0. The van der Waals surface area contributed by atoms with Gasteiger partial charge in [0.15, 0.2) is 0 Å². The number of carbonyl (C=O) groups excluding carboxylic acids is 1. The highest BCUT2D eigenvalue weighted by Gasteiger charge is 2.20. The molecule has 0 radical (unpaired) electrons. The van der Waals surface area contributed by atoms with Crippen LogP contribution >= 0.6 is 0 Å². The van der Waals surface area contributed by atoms with Gasteiger partial charge in [0.05, 0.1) is 4.92 Å². The van der Waals surface area contributed by atoms with E-state index in [4.69, 9.17) is 0 Å². The first-order chi connectivity index (χ1) is 8.47. The van der Waals surface area contributed by atoms with Gasteiger partial charge in [0, 0.05) is 12.0 Å². The van der Waals surface area contributed by atoms with Gasteiger partial charge in [-0.2, -0.15) is 0 Å². The molecule has 1 N–H and O–H groups in total. The molecule has 1 amide bonds. The Balaban J connectivity index is 3.03. The minimum atomic E-state index is -0.447. The van der Waals surface area contributed by atoms with E-state index in [9.17, 15) is 14.9 Å². The monoisotopic (exact) mass is 250 g/mol. The van der Waals surface area contributed by atoms with Crippen molar-refractivity contribution in [3.63, 3.8) is 0 Å². The zero-order chi connectivity index (χ0) is 13.7. The van der Waals surface area contributed by atoms with Crippen LogP contribution in [0.3, 0.4) is 0 Å². The summed E-state index contributed by atoms with van der Waals surface area (Å²) in [6.45, 7) is 5.41. The Morgan fingerprint density at radius 2 is 1.94 bits per heavy atom. The Hall–Kier alpha value is -1.91. The summed E-state index contributed by atoms with van der Waals surface area (Å²) in [7, 11) is 0. The van der Waals surface area contributed by atoms with Crippen LogP contribution in [0.15, 0.2) is 12.1 Å².